The van der Waals surface area contributed by atoms with Crippen LogP contribution < -0.4 is 10.9 Å². The molecule has 240 valence electrons. The smallest absolute Gasteiger partial charge is 0.204 e. The number of benzene rings is 4. The minimum atomic E-state index is -3.87. The van der Waals surface area contributed by atoms with E-state index >= 15 is 35.1 Å². The van der Waals surface area contributed by atoms with Gasteiger partial charge in [-0.3, -0.25) is 0 Å². The Hall–Kier alpha value is -4.65. The zero-order valence-electron chi connectivity index (χ0n) is 20.8. The predicted octanol–water partition coefficient (Wildman–Crippen LogP) is 7.45. The Balaban J connectivity index is 2.22. The quantitative estimate of drug-likeness (QED) is 0.0912. The van der Waals surface area contributed by atoms with Crippen LogP contribution in [0.3, 0.4) is 0 Å². The molecule has 0 amide bonds. The van der Waals surface area contributed by atoms with Crippen LogP contribution in [0.15, 0.2) is 0 Å². The molecule has 0 atom stereocenters. The second kappa shape index (κ2) is 10.7. The van der Waals surface area contributed by atoms with Crippen molar-refractivity contribution in [3.63, 3.8) is 0 Å². The molecule has 0 bridgehead atoms. The standard InChI is InChI=1S/C26BF19/c28-8-2-1(3-9(29)17(37)24(44)18(38)10(3)30)5(4-11(31)19(39)25(45)20(40)12(4)32)27(6(2)13(33)21(41)16(8)36)7-14(34)22(42)26(46)23(43)15(7)35. The van der Waals surface area contributed by atoms with Crippen LogP contribution in [0.2, 0.25) is 0 Å². The summed E-state index contributed by atoms with van der Waals surface area (Å²) >= 11 is 0. The highest BCUT2D eigenvalue weighted by Crippen LogP contribution is 2.46. The summed E-state index contributed by atoms with van der Waals surface area (Å²) in [5.41, 5.74) is -18.2. The normalized spacial score (nSPS) is 13.0. The lowest BCUT2D eigenvalue weighted by molar-refractivity contribution is 0.375. The fourth-order valence-electron chi connectivity index (χ4n) is 4.95. The van der Waals surface area contributed by atoms with E-state index in [9.17, 15) is 48.3 Å². The van der Waals surface area contributed by atoms with Gasteiger partial charge in [0.05, 0.1) is 5.56 Å². The molecular weight excluding hydrogens is 684 g/mol. The third kappa shape index (κ3) is 4.06. The average molecular weight is 684 g/mol. The van der Waals surface area contributed by atoms with Crippen molar-refractivity contribution in [2.45, 2.75) is 0 Å². The third-order valence-corrected chi connectivity index (χ3v) is 6.87. The Labute approximate surface area is 240 Å². The molecule has 4 aromatic carbocycles. The van der Waals surface area contributed by atoms with E-state index in [-0.39, 0.29) is 0 Å². The zero-order chi connectivity index (χ0) is 34.6. The molecule has 1 aliphatic rings. The van der Waals surface area contributed by atoms with Crippen LogP contribution in [0, 0.1) is 111 Å². The fraction of sp³-hybridized carbons (Fsp3) is 0. The maximum absolute atomic E-state index is 15.3. The molecule has 0 saturated heterocycles. The van der Waals surface area contributed by atoms with Crippen molar-refractivity contribution in [2.75, 3.05) is 0 Å². The van der Waals surface area contributed by atoms with Gasteiger partial charge in [-0.2, -0.15) is 0 Å². The molecule has 0 fully saturated rings. The first kappa shape index (κ1) is 32.7. The van der Waals surface area contributed by atoms with Gasteiger partial charge in [0, 0.05) is 16.6 Å². The minimum absolute atomic E-state index is 2.41. The number of hydrogen-bond acceptors (Lipinski definition) is 0. The zero-order valence-corrected chi connectivity index (χ0v) is 20.8. The molecule has 0 aliphatic carbocycles. The van der Waals surface area contributed by atoms with Crippen molar-refractivity contribution >= 4 is 28.7 Å². The van der Waals surface area contributed by atoms with Crippen molar-refractivity contribution in [3.8, 4) is 0 Å². The summed E-state index contributed by atoms with van der Waals surface area (Å²) < 4.78 is 278. The maximum atomic E-state index is 15.3. The van der Waals surface area contributed by atoms with Gasteiger partial charge in [-0.25, -0.2) is 83.4 Å². The molecule has 0 unspecified atom stereocenters. The summed E-state index contributed by atoms with van der Waals surface area (Å²) in [6, 6.07) is 0. The molecule has 0 N–H and O–H groups in total. The molecule has 1 aliphatic heterocycles. The van der Waals surface area contributed by atoms with E-state index in [0.717, 1.165) is 0 Å². The van der Waals surface area contributed by atoms with Gasteiger partial charge in [-0.15, -0.1) is 0 Å². The van der Waals surface area contributed by atoms with Crippen LogP contribution in [-0.4, -0.2) is 6.71 Å². The van der Waals surface area contributed by atoms with Gasteiger partial charge in [0.15, 0.2) is 98.9 Å². The predicted molar refractivity (Wildman–Crippen MR) is 116 cm³/mol. The van der Waals surface area contributed by atoms with Crippen LogP contribution in [0.25, 0.3) is 11.0 Å². The third-order valence-electron chi connectivity index (χ3n) is 6.87. The number of rotatable bonds is 3. The largest absolute Gasteiger partial charge is 0.255 e. The molecule has 0 spiro atoms. The topological polar surface area (TPSA) is 0 Å². The van der Waals surface area contributed by atoms with Crippen molar-refractivity contribution in [1.29, 1.82) is 0 Å². The minimum Gasteiger partial charge on any atom is -0.204 e. The lowest BCUT2D eigenvalue weighted by Gasteiger charge is -2.20. The molecule has 46 heavy (non-hydrogen) atoms. The summed E-state index contributed by atoms with van der Waals surface area (Å²) in [5, 5.41) is 0. The molecule has 0 radical (unpaired) electrons. The number of fused-ring (bicyclic) bond motifs is 1. The van der Waals surface area contributed by atoms with Crippen LogP contribution in [0.1, 0.15) is 16.7 Å². The highest BCUT2D eigenvalue weighted by molar-refractivity contribution is 7.03. The van der Waals surface area contributed by atoms with Crippen LogP contribution in [0.4, 0.5) is 83.4 Å². The van der Waals surface area contributed by atoms with Gasteiger partial charge in [-0.05, 0) is 16.5 Å². The van der Waals surface area contributed by atoms with E-state index in [0.29, 0.717) is 0 Å². The molecule has 4 aromatic rings. The van der Waals surface area contributed by atoms with Crippen LogP contribution in [0.5, 0.6) is 0 Å². The van der Waals surface area contributed by atoms with Gasteiger partial charge in [-0.1, -0.05) is 0 Å². The Kier molecular flexibility index (Phi) is 7.63. The first-order valence-electron chi connectivity index (χ1n) is 11.5. The Morgan fingerprint density at radius 2 is 0.457 bits per heavy atom. The molecule has 5 rings (SSSR count). The van der Waals surface area contributed by atoms with Gasteiger partial charge in [0.1, 0.15) is 0 Å². The Morgan fingerprint density at radius 3 is 0.804 bits per heavy atom. The molecule has 0 nitrogen and oxygen atoms in total. The molecule has 20 heteroatoms. The summed E-state index contributed by atoms with van der Waals surface area (Å²) in [4.78, 5) is 0. The highest BCUT2D eigenvalue weighted by Gasteiger charge is 2.51. The van der Waals surface area contributed by atoms with Crippen molar-refractivity contribution in [2.24, 2.45) is 0 Å². The van der Waals surface area contributed by atoms with Crippen LogP contribution >= 0.6 is 0 Å². The summed E-state index contributed by atoms with van der Waals surface area (Å²) in [7, 11) is 0. The van der Waals surface area contributed by atoms with Crippen molar-refractivity contribution in [1.82, 2.24) is 0 Å². The van der Waals surface area contributed by atoms with Gasteiger partial charge < -0.3 is 0 Å². The van der Waals surface area contributed by atoms with Gasteiger partial charge in [0.2, 0.25) is 11.6 Å². The number of halogens is 19. The highest BCUT2D eigenvalue weighted by atomic mass is 19.2. The maximum Gasteiger partial charge on any atom is 0.255 e. The van der Waals surface area contributed by atoms with E-state index in [4.69, 9.17) is 0 Å². The fourth-order valence-corrected chi connectivity index (χ4v) is 4.95. The lowest BCUT2D eigenvalue weighted by Crippen LogP contribution is -2.49. The van der Waals surface area contributed by atoms with Crippen molar-refractivity contribution in [3.05, 3.63) is 127 Å². The van der Waals surface area contributed by atoms with E-state index in [1.165, 1.54) is 0 Å². The van der Waals surface area contributed by atoms with E-state index < -0.39 is 156 Å². The molecular formula is C26BF19. The molecule has 1 heterocycles. The van der Waals surface area contributed by atoms with E-state index in [1.54, 1.807) is 0 Å². The van der Waals surface area contributed by atoms with Gasteiger partial charge >= 0.3 is 0 Å². The van der Waals surface area contributed by atoms with E-state index in [2.05, 4.69) is 0 Å². The number of hydrogen-bond donors (Lipinski definition) is 0. The first-order valence-corrected chi connectivity index (χ1v) is 11.5. The second-order valence-electron chi connectivity index (χ2n) is 9.14. The van der Waals surface area contributed by atoms with Gasteiger partial charge in [0.25, 0.3) is 6.71 Å². The molecule has 0 aromatic heterocycles. The molecule has 0 saturated carbocycles. The summed E-state index contributed by atoms with van der Waals surface area (Å²) in [6.45, 7) is -3.87. The Morgan fingerprint density at radius 1 is 0.217 bits per heavy atom. The van der Waals surface area contributed by atoms with Crippen LogP contribution in [-0.2, 0) is 0 Å². The lowest BCUT2D eigenvalue weighted by atomic mass is 9.36. The summed E-state index contributed by atoms with van der Waals surface area (Å²) in [6.07, 6.45) is 0. The van der Waals surface area contributed by atoms with Crippen molar-refractivity contribution < 1.29 is 83.4 Å². The average Bonchev–Trinajstić information content (AvgIpc) is 3.35. The van der Waals surface area contributed by atoms with E-state index in [1.807, 2.05) is 0 Å². The monoisotopic (exact) mass is 684 g/mol. The first-order chi connectivity index (χ1) is 21.3. The Bertz CT molecular complexity index is 2010. The SMILES string of the molecule is Fc1c(F)c(F)c(B2C(c3c(F)c(F)c(F)c(F)c3F)=C(c3c(F)c(F)c(F)c(F)c3F)c3c(F)c(F)c(F)c(F)c32)c(F)c1F. The second-order valence-corrected chi connectivity index (χ2v) is 9.14. The summed E-state index contributed by atoms with van der Waals surface area (Å²) in [5.74, 6) is -58.9.